The maximum atomic E-state index is 4.51. The summed E-state index contributed by atoms with van der Waals surface area (Å²) < 4.78 is 1.87. The maximum Gasteiger partial charge on any atom is 0.135 e. The highest BCUT2D eigenvalue weighted by atomic mass is 79.9. The predicted octanol–water partition coefficient (Wildman–Crippen LogP) is 5.18. The third kappa shape index (κ3) is 3.76. The number of nitrogens with one attached hydrogen (secondary N) is 1. The van der Waals surface area contributed by atoms with Gasteiger partial charge in [0.2, 0.25) is 0 Å². The molecule has 0 amide bonds. The highest BCUT2D eigenvalue weighted by molar-refractivity contribution is 9.10. The molecule has 0 spiro atoms. The number of benzene rings is 1. The van der Waals surface area contributed by atoms with Crippen LogP contribution in [0.15, 0.2) is 33.3 Å². The minimum absolute atomic E-state index is 0.294. The third-order valence-corrected chi connectivity index (χ3v) is 3.93. The van der Waals surface area contributed by atoms with Crippen molar-refractivity contribution >= 4 is 43.4 Å². The smallest absolute Gasteiger partial charge is 0.135 e. The van der Waals surface area contributed by atoms with Crippen molar-refractivity contribution in [2.24, 2.45) is 0 Å². The number of aromatic nitrogens is 2. The summed E-state index contributed by atoms with van der Waals surface area (Å²) in [6.45, 7) is 6.22. The lowest BCUT2D eigenvalue weighted by Gasteiger charge is -2.10. The van der Waals surface area contributed by atoms with Gasteiger partial charge in [-0.3, -0.25) is 0 Å². The second kappa shape index (κ2) is 6.01. The molecule has 0 saturated heterocycles. The summed E-state index contributed by atoms with van der Waals surface area (Å²) in [5, 5.41) is 3.30. The van der Waals surface area contributed by atoms with Crippen LogP contribution in [0.25, 0.3) is 0 Å². The van der Waals surface area contributed by atoms with Crippen LogP contribution in [0, 0.1) is 6.92 Å². The van der Waals surface area contributed by atoms with Gasteiger partial charge in [-0.15, -0.1) is 0 Å². The molecule has 19 heavy (non-hydrogen) atoms. The fourth-order valence-electron chi connectivity index (χ4n) is 1.58. The third-order valence-electron chi connectivity index (χ3n) is 2.67. The molecule has 1 N–H and O–H groups in total. The van der Waals surface area contributed by atoms with Crippen molar-refractivity contribution in [1.29, 1.82) is 0 Å². The summed E-state index contributed by atoms with van der Waals surface area (Å²) in [5.74, 6) is 1.91. The molecule has 3 nitrogen and oxygen atoms in total. The van der Waals surface area contributed by atoms with Crippen molar-refractivity contribution in [2.45, 2.75) is 26.7 Å². The zero-order chi connectivity index (χ0) is 14.0. The number of hydrogen-bond acceptors (Lipinski definition) is 3. The first-order valence-electron chi connectivity index (χ1n) is 6.03. The molecule has 0 atom stereocenters. The van der Waals surface area contributed by atoms with Crippen LogP contribution in [0.4, 0.5) is 11.5 Å². The molecular weight excluding hydrogens is 370 g/mol. The normalized spacial score (nSPS) is 10.8. The monoisotopic (exact) mass is 383 g/mol. The molecule has 0 fully saturated rings. The van der Waals surface area contributed by atoms with E-state index >= 15 is 0 Å². The van der Waals surface area contributed by atoms with E-state index in [0.717, 1.165) is 26.4 Å². The van der Waals surface area contributed by atoms with E-state index in [1.807, 2.05) is 18.2 Å². The van der Waals surface area contributed by atoms with Gasteiger partial charge < -0.3 is 5.32 Å². The number of aryl methyl sites for hydroxylation is 1. The fourth-order valence-corrected chi connectivity index (χ4v) is 2.35. The van der Waals surface area contributed by atoms with Crippen LogP contribution >= 0.6 is 31.9 Å². The Morgan fingerprint density at radius 3 is 2.47 bits per heavy atom. The molecule has 2 rings (SSSR count). The Bertz CT molecular complexity index is 597. The maximum absolute atomic E-state index is 4.51. The van der Waals surface area contributed by atoms with E-state index in [0.29, 0.717) is 5.92 Å². The van der Waals surface area contributed by atoms with E-state index in [-0.39, 0.29) is 0 Å². The van der Waals surface area contributed by atoms with Crippen LogP contribution < -0.4 is 5.32 Å². The van der Waals surface area contributed by atoms with Gasteiger partial charge in [0, 0.05) is 22.1 Å². The minimum atomic E-state index is 0.294. The predicted molar refractivity (Wildman–Crippen MR) is 86.0 cm³/mol. The first-order valence-corrected chi connectivity index (χ1v) is 7.62. The van der Waals surface area contributed by atoms with Gasteiger partial charge in [0.25, 0.3) is 0 Å². The first kappa shape index (κ1) is 14.5. The van der Waals surface area contributed by atoms with Crippen molar-refractivity contribution in [3.05, 3.63) is 44.7 Å². The van der Waals surface area contributed by atoms with E-state index in [1.165, 1.54) is 5.56 Å². The van der Waals surface area contributed by atoms with Gasteiger partial charge in [-0.2, -0.15) is 0 Å². The Hall–Kier alpha value is -0.940. The summed E-state index contributed by atoms with van der Waals surface area (Å²) in [6, 6.07) is 8.01. The SMILES string of the molecule is Cc1ccc(Nc2cc(Br)nc(C(C)C)n2)cc1Br. The lowest BCUT2D eigenvalue weighted by Crippen LogP contribution is -2.02. The Labute approximate surface area is 130 Å². The van der Waals surface area contributed by atoms with Gasteiger partial charge in [0.05, 0.1) is 0 Å². The molecule has 0 radical (unpaired) electrons. The summed E-state index contributed by atoms with van der Waals surface area (Å²) in [6.07, 6.45) is 0. The number of hydrogen-bond donors (Lipinski definition) is 1. The van der Waals surface area contributed by atoms with E-state index in [4.69, 9.17) is 0 Å². The van der Waals surface area contributed by atoms with Crippen LogP contribution in [0.3, 0.4) is 0 Å². The minimum Gasteiger partial charge on any atom is -0.340 e. The Balaban J connectivity index is 2.29. The Kier molecular flexibility index (Phi) is 4.58. The standard InChI is InChI=1S/C14H15Br2N3/c1-8(2)14-18-12(16)7-13(19-14)17-10-5-4-9(3)11(15)6-10/h4-8H,1-3H3,(H,17,18,19). The summed E-state index contributed by atoms with van der Waals surface area (Å²) in [5.41, 5.74) is 2.20. The zero-order valence-electron chi connectivity index (χ0n) is 11.0. The highest BCUT2D eigenvalue weighted by Crippen LogP contribution is 2.24. The largest absolute Gasteiger partial charge is 0.340 e. The lowest BCUT2D eigenvalue weighted by molar-refractivity contribution is 0.771. The molecule has 0 aliphatic carbocycles. The van der Waals surface area contributed by atoms with Crippen molar-refractivity contribution < 1.29 is 0 Å². The van der Waals surface area contributed by atoms with Gasteiger partial charge in [-0.05, 0) is 40.5 Å². The highest BCUT2D eigenvalue weighted by Gasteiger charge is 2.07. The zero-order valence-corrected chi connectivity index (χ0v) is 14.2. The quantitative estimate of drug-likeness (QED) is 0.741. The van der Waals surface area contributed by atoms with Gasteiger partial charge in [0.15, 0.2) is 0 Å². The van der Waals surface area contributed by atoms with Crippen molar-refractivity contribution in [3.8, 4) is 0 Å². The van der Waals surface area contributed by atoms with E-state index < -0.39 is 0 Å². The van der Waals surface area contributed by atoms with Gasteiger partial charge in [-0.1, -0.05) is 35.8 Å². The van der Waals surface area contributed by atoms with Crippen molar-refractivity contribution in [3.63, 3.8) is 0 Å². The summed E-state index contributed by atoms with van der Waals surface area (Å²) in [4.78, 5) is 8.88. The molecule has 0 aliphatic heterocycles. The van der Waals surface area contributed by atoms with Gasteiger partial charge >= 0.3 is 0 Å². The van der Waals surface area contributed by atoms with Crippen LogP contribution in [0.2, 0.25) is 0 Å². The average Bonchev–Trinajstić information content (AvgIpc) is 2.33. The second-order valence-corrected chi connectivity index (χ2v) is 6.34. The van der Waals surface area contributed by atoms with Gasteiger partial charge in [0.1, 0.15) is 16.2 Å². The average molecular weight is 385 g/mol. The fraction of sp³-hybridized carbons (Fsp3) is 0.286. The molecule has 5 heteroatoms. The summed E-state index contributed by atoms with van der Waals surface area (Å²) >= 11 is 6.95. The molecule has 0 unspecified atom stereocenters. The topological polar surface area (TPSA) is 37.8 Å². The molecule has 1 aromatic carbocycles. The van der Waals surface area contributed by atoms with Crippen LogP contribution in [0.1, 0.15) is 31.2 Å². The van der Waals surface area contributed by atoms with E-state index in [2.05, 4.69) is 74.0 Å². The molecule has 1 aromatic heterocycles. The Morgan fingerprint density at radius 2 is 1.84 bits per heavy atom. The van der Waals surface area contributed by atoms with Crippen LogP contribution in [-0.2, 0) is 0 Å². The number of nitrogens with zero attached hydrogens (tertiary/aromatic N) is 2. The molecular formula is C14H15Br2N3. The van der Waals surface area contributed by atoms with Crippen LogP contribution in [-0.4, -0.2) is 9.97 Å². The summed E-state index contributed by atoms with van der Waals surface area (Å²) in [7, 11) is 0. The molecule has 0 bridgehead atoms. The van der Waals surface area contributed by atoms with Crippen molar-refractivity contribution in [2.75, 3.05) is 5.32 Å². The lowest BCUT2D eigenvalue weighted by atomic mass is 10.2. The first-order chi connectivity index (χ1) is 8.95. The van der Waals surface area contributed by atoms with E-state index in [1.54, 1.807) is 0 Å². The van der Waals surface area contributed by atoms with Crippen molar-refractivity contribution in [1.82, 2.24) is 9.97 Å². The second-order valence-electron chi connectivity index (χ2n) is 4.68. The molecule has 0 aliphatic rings. The molecule has 100 valence electrons. The van der Waals surface area contributed by atoms with Crippen LogP contribution in [0.5, 0.6) is 0 Å². The molecule has 1 heterocycles. The number of anilines is 2. The molecule has 2 aromatic rings. The molecule has 0 saturated carbocycles. The van der Waals surface area contributed by atoms with Gasteiger partial charge in [-0.25, -0.2) is 9.97 Å². The number of rotatable bonds is 3. The number of halogens is 2. The van der Waals surface area contributed by atoms with E-state index in [9.17, 15) is 0 Å². The Morgan fingerprint density at radius 1 is 1.11 bits per heavy atom.